The predicted octanol–water partition coefficient (Wildman–Crippen LogP) is 3.24. The Morgan fingerprint density at radius 2 is 2.00 bits per heavy atom. The van der Waals surface area contributed by atoms with E-state index >= 15 is 0 Å². The van der Waals surface area contributed by atoms with Gasteiger partial charge in [-0.3, -0.25) is 5.41 Å². The Bertz CT molecular complexity index is 273. The Labute approximate surface area is 113 Å². The third-order valence-corrected chi connectivity index (χ3v) is 4.50. The van der Waals surface area contributed by atoms with Crippen molar-refractivity contribution in [1.82, 2.24) is 4.90 Å². The normalized spacial score (nSPS) is 26.2. The van der Waals surface area contributed by atoms with Crippen molar-refractivity contribution in [2.24, 2.45) is 17.1 Å². The van der Waals surface area contributed by atoms with Crippen molar-refractivity contribution in [3.05, 3.63) is 0 Å². The summed E-state index contributed by atoms with van der Waals surface area (Å²) in [5.74, 6) is 1.22. The first-order valence-corrected chi connectivity index (χ1v) is 7.41. The van der Waals surface area contributed by atoms with E-state index in [4.69, 9.17) is 11.1 Å². The Balaban J connectivity index is 2.20. The van der Waals surface area contributed by atoms with Gasteiger partial charge in [0, 0.05) is 11.5 Å². The van der Waals surface area contributed by atoms with Crippen LogP contribution in [-0.2, 0) is 0 Å². The lowest BCUT2D eigenvalue weighted by atomic mass is 9.86. The molecule has 3 N–H and O–H groups in total. The van der Waals surface area contributed by atoms with Crippen LogP contribution in [0.5, 0.6) is 0 Å². The number of hydrogen-bond donors (Lipinski definition) is 2. The molecule has 0 aliphatic carbocycles. The number of nitrogens with zero attached hydrogens (tertiary/aromatic N) is 1. The second-order valence-corrected chi connectivity index (χ2v) is 6.77. The summed E-state index contributed by atoms with van der Waals surface area (Å²) < 4.78 is 0. The van der Waals surface area contributed by atoms with Gasteiger partial charge in [-0.15, -0.1) is 0 Å². The Morgan fingerprint density at radius 1 is 1.33 bits per heavy atom. The molecule has 1 saturated heterocycles. The lowest BCUT2D eigenvalue weighted by molar-refractivity contribution is 0.126. The highest BCUT2D eigenvalue weighted by Gasteiger charge is 2.23. The highest BCUT2D eigenvalue weighted by atomic mass is 15.2. The molecule has 0 amide bonds. The molecule has 1 aliphatic heterocycles. The molecule has 2 atom stereocenters. The molecule has 1 rings (SSSR count). The maximum absolute atomic E-state index is 7.55. The number of nitrogens with two attached hydrogens (primary N) is 1. The summed E-state index contributed by atoms with van der Waals surface area (Å²) in [5.41, 5.74) is 5.48. The van der Waals surface area contributed by atoms with Crippen LogP contribution in [0.3, 0.4) is 0 Å². The van der Waals surface area contributed by atoms with Crippen molar-refractivity contribution in [1.29, 1.82) is 5.41 Å². The first-order chi connectivity index (χ1) is 8.33. The molecule has 106 valence electrons. The highest BCUT2D eigenvalue weighted by molar-refractivity contribution is 5.82. The highest BCUT2D eigenvalue weighted by Crippen LogP contribution is 2.25. The lowest BCUT2D eigenvalue weighted by Gasteiger charge is -2.36. The van der Waals surface area contributed by atoms with Crippen molar-refractivity contribution in [2.45, 2.75) is 65.8 Å². The molecule has 1 fully saturated rings. The van der Waals surface area contributed by atoms with E-state index in [-0.39, 0.29) is 5.41 Å². The van der Waals surface area contributed by atoms with Crippen LogP contribution in [0.25, 0.3) is 0 Å². The molecule has 0 bridgehead atoms. The van der Waals surface area contributed by atoms with E-state index in [1.165, 1.54) is 38.8 Å². The van der Waals surface area contributed by atoms with Gasteiger partial charge in [0.2, 0.25) is 0 Å². The van der Waals surface area contributed by atoms with Gasteiger partial charge in [-0.2, -0.15) is 0 Å². The SMILES string of the molecule is CC1CCN(CCCCC(C)(C)C(=N)N)C(C)C1. The molecular weight excluding hydrogens is 222 g/mol. The quantitative estimate of drug-likeness (QED) is 0.434. The van der Waals surface area contributed by atoms with Gasteiger partial charge in [0.1, 0.15) is 0 Å². The molecule has 0 aromatic carbocycles. The summed E-state index contributed by atoms with van der Waals surface area (Å²) in [6.07, 6.45) is 6.13. The van der Waals surface area contributed by atoms with Gasteiger partial charge < -0.3 is 10.6 Å². The molecule has 0 aromatic heterocycles. The molecule has 3 heteroatoms. The van der Waals surface area contributed by atoms with Crippen LogP contribution in [0.2, 0.25) is 0 Å². The van der Waals surface area contributed by atoms with Gasteiger partial charge in [-0.25, -0.2) is 0 Å². The van der Waals surface area contributed by atoms with Gasteiger partial charge in [0.15, 0.2) is 0 Å². The third-order valence-electron chi connectivity index (χ3n) is 4.50. The average Bonchev–Trinajstić information content (AvgIpc) is 2.26. The van der Waals surface area contributed by atoms with E-state index in [9.17, 15) is 0 Å². The first kappa shape index (κ1) is 15.5. The number of unbranched alkanes of at least 4 members (excludes halogenated alkanes) is 1. The summed E-state index contributed by atoms with van der Waals surface area (Å²) in [6.45, 7) is 11.3. The van der Waals surface area contributed by atoms with E-state index in [0.717, 1.165) is 18.4 Å². The van der Waals surface area contributed by atoms with Crippen molar-refractivity contribution in [3.8, 4) is 0 Å². The van der Waals surface area contributed by atoms with Crippen LogP contribution >= 0.6 is 0 Å². The fourth-order valence-corrected chi connectivity index (χ4v) is 2.80. The number of likely N-dealkylation sites (tertiary alicyclic amines) is 1. The zero-order chi connectivity index (χ0) is 13.8. The second kappa shape index (κ2) is 6.55. The maximum Gasteiger partial charge on any atom is 0.0963 e. The van der Waals surface area contributed by atoms with E-state index in [1.807, 2.05) is 0 Å². The average molecular weight is 253 g/mol. The van der Waals surface area contributed by atoms with E-state index < -0.39 is 0 Å². The van der Waals surface area contributed by atoms with Crippen LogP contribution in [0.15, 0.2) is 0 Å². The minimum Gasteiger partial charge on any atom is -0.387 e. The van der Waals surface area contributed by atoms with Crippen LogP contribution < -0.4 is 5.73 Å². The Morgan fingerprint density at radius 3 is 2.56 bits per heavy atom. The molecule has 1 aliphatic rings. The van der Waals surface area contributed by atoms with E-state index in [2.05, 4.69) is 32.6 Å². The predicted molar refractivity (Wildman–Crippen MR) is 79.0 cm³/mol. The molecule has 0 radical (unpaired) electrons. The fraction of sp³-hybridized carbons (Fsp3) is 0.933. The molecule has 1 heterocycles. The molecule has 2 unspecified atom stereocenters. The smallest absolute Gasteiger partial charge is 0.0963 e. The standard InChI is InChI=1S/C15H31N3/c1-12-7-10-18(13(2)11-12)9-6-5-8-15(3,4)14(16)17/h12-13H,5-11H2,1-4H3,(H3,16,17). The van der Waals surface area contributed by atoms with Crippen LogP contribution in [0.1, 0.15) is 59.8 Å². The van der Waals surface area contributed by atoms with Crippen LogP contribution in [0, 0.1) is 16.7 Å². The zero-order valence-corrected chi connectivity index (χ0v) is 12.6. The lowest BCUT2D eigenvalue weighted by Crippen LogP contribution is -2.40. The maximum atomic E-state index is 7.55. The van der Waals surface area contributed by atoms with Gasteiger partial charge >= 0.3 is 0 Å². The largest absolute Gasteiger partial charge is 0.387 e. The molecule has 0 aromatic rings. The molecule has 3 nitrogen and oxygen atoms in total. The van der Waals surface area contributed by atoms with Crippen LogP contribution in [-0.4, -0.2) is 29.9 Å². The molecule has 0 spiro atoms. The zero-order valence-electron chi connectivity index (χ0n) is 12.6. The molecular formula is C15H31N3. The number of hydrogen-bond acceptors (Lipinski definition) is 2. The number of amidine groups is 1. The monoisotopic (exact) mass is 253 g/mol. The van der Waals surface area contributed by atoms with E-state index in [0.29, 0.717) is 5.84 Å². The van der Waals surface area contributed by atoms with Gasteiger partial charge in [0.05, 0.1) is 5.84 Å². The van der Waals surface area contributed by atoms with Crippen molar-refractivity contribution >= 4 is 5.84 Å². The number of rotatable bonds is 6. The van der Waals surface area contributed by atoms with Crippen molar-refractivity contribution < 1.29 is 0 Å². The van der Waals surface area contributed by atoms with E-state index in [1.54, 1.807) is 0 Å². The summed E-state index contributed by atoms with van der Waals surface area (Å²) >= 11 is 0. The minimum atomic E-state index is -0.123. The number of piperidine rings is 1. The van der Waals surface area contributed by atoms with Gasteiger partial charge in [-0.05, 0) is 51.6 Å². The van der Waals surface area contributed by atoms with Crippen molar-refractivity contribution in [3.63, 3.8) is 0 Å². The topological polar surface area (TPSA) is 53.1 Å². The Kier molecular flexibility index (Phi) is 5.64. The molecule has 0 saturated carbocycles. The van der Waals surface area contributed by atoms with Gasteiger partial charge in [-0.1, -0.05) is 27.2 Å². The van der Waals surface area contributed by atoms with Gasteiger partial charge in [0.25, 0.3) is 0 Å². The summed E-state index contributed by atoms with van der Waals surface area (Å²) in [7, 11) is 0. The summed E-state index contributed by atoms with van der Waals surface area (Å²) in [6, 6.07) is 0.745. The summed E-state index contributed by atoms with van der Waals surface area (Å²) in [4.78, 5) is 2.63. The minimum absolute atomic E-state index is 0.123. The molecule has 18 heavy (non-hydrogen) atoms. The second-order valence-electron chi connectivity index (χ2n) is 6.77. The fourth-order valence-electron chi connectivity index (χ4n) is 2.80. The number of nitrogens with one attached hydrogen (secondary N) is 1. The summed E-state index contributed by atoms with van der Waals surface area (Å²) in [5, 5.41) is 7.55. The third kappa shape index (κ3) is 4.60. The first-order valence-electron chi connectivity index (χ1n) is 7.41. The Hall–Kier alpha value is -0.570. The van der Waals surface area contributed by atoms with Crippen molar-refractivity contribution in [2.75, 3.05) is 13.1 Å². The van der Waals surface area contributed by atoms with Crippen LogP contribution in [0.4, 0.5) is 0 Å².